The molecule has 140 valence electrons. The average molecular weight is 374 g/mol. The van der Waals surface area contributed by atoms with Gasteiger partial charge >= 0.3 is 0 Å². The Morgan fingerprint density at radius 2 is 1.65 bits per heavy atom. The molecule has 0 saturated carbocycles. The Morgan fingerprint density at radius 3 is 2.19 bits per heavy atom. The standard InChI is InChI=1S/C21H27NO3S/c1-5-9-20(23)19(14-18-10-7-6-8-11-18)22-26(24,25)21-16(3)12-15(2)13-17(21)4/h5-13,19-20,22-23H,14H2,1-4H3/b9-5+/t19-,20-/m1/s1. The zero-order chi connectivity index (χ0) is 19.3. The van der Waals surface area contributed by atoms with Crippen molar-refractivity contribution in [3.8, 4) is 0 Å². The summed E-state index contributed by atoms with van der Waals surface area (Å²) in [6.45, 7) is 7.33. The van der Waals surface area contributed by atoms with Crippen molar-refractivity contribution in [1.82, 2.24) is 4.72 Å². The number of rotatable bonds is 7. The minimum atomic E-state index is -3.76. The molecule has 2 aromatic rings. The number of sulfonamides is 1. The largest absolute Gasteiger partial charge is 0.387 e. The second-order valence-corrected chi connectivity index (χ2v) is 8.31. The van der Waals surface area contributed by atoms with E-state index < -0.39 is 22.2 Å². The van der Waals surface area contributed by atoms with Crippen LogP contribution in [-0.4, -0.2) is 25.7 Å². The van der Waals surface area contributed by atoms with Crippen molar-refractivity contribution in [2.24, 2.45) is 0 Å². The molecule has 0 saturated heterocycles. The zero-order valence-corrected chi connectivity index (χ0v) is 16.5. The Labute approximate surface area is 156 Å². The molecule has 2 atom stereocenters. The molecule has 26 heavy (non-hydrogen) atoms. The molecule has 2 rings (SSSR count). The highest BCUT2D eigenvalue weighted by Crippen LogP contribution is 2.22. The maximum Gasteiger partial charge on any atom is 0.241 e. The van der Waals surface area contributed by atoms with E-state index >= 15 is 0 Å². The number of nitrogens with one attached hydrogen (secondary N) is 1. The number of allylic oxidation sites excluding steroid dienone is 1. The monoisotopic (exact) mass is 373 g/mol. The fourth-order valence-corrected chi connectivity index (χ4v) is 4.99. The summed E-state index contributed by atoms with van der Waals surface area (Å²) in [5.41, 5.74) is 3.39. The molecule has 0 spiro atoms. The lowest BCUT2D eigenvalue weighted by molar-refractivity contribution is 0.182. The van der Waals surface area contributed by atoms with Gasteiger partial charge in [-0.05, 0) is 50.8 Å². The van der Waals surface area contributed by atoms with Crippen LogP contribution >= 0.6 is 0 Å². The summed E-state index contributed by atoms with van der Waals surface area (Å²) in [7, 11) is -3.76. The lowest BCUT2D eigenvalue weighted by atomic mass is 10.0. The van der Waals surface area contributed by atoms with Gasteiger partial charge in [0.2, 0.25) is 10.0 Å². The molecule has 0 aliphatic rings. The van der Waals surface area contributed by atoms with E-state index in [-0.39, 0.29) is 4.90 Å². The summed E-state index contributed by atoms with van der Waals surface area (Å²) in [5.74, 6) is 0. The summed E-state index contributed by atoms with van der Waals surface area (Å²) in [6, 6.07) is 12.6. The highest BCUT2D eigenvalue weighted by Gasteiger charge is 2.27. The van der Waals surface area contributed by atoms with E-state index in [1.807, 2.05) is 49.4 Å². The van der Waals surface area contributed by atoms with Crippen molar-refractivity contribution in [1.29, 1.82) is 0 Å². The molecule has 0 aliphatic heterocycles. The first-order chi connectivity index (χ1) is 12.2. The molecular formula is C21H27NO3S. The van der Waals surface area contributed by atoms with E-state index in [4.69, 9.17) is 0 Å². The van der Waals surface area contributed by atoms with Gasteiger partial charge in [0.05, 0.1) is 17.0 Å². The van der Waals surface area contributed by atoms with Gasteiger partial charge in [-0.25, -0.2) is 13.1 Å². The van der Waals surface area contributed by atoms with Crippen LogP contribution < -0.4 is 4.72 Å². The third-order valence-corrected chi connectivity index (χ3v) is 6.07. The van der Waals surface area contributed by atoms with Gasteiger partial charge in [0.15, 0.2) is 0 Å². The van der Waals surface area contributed by atoms with Gasteiger partial charge in [-0.15, -0.1) is 0 Å². The Hall–Kier alpha value is -1.95. The molecule has 0 amide bonds. The van der Waals surface area contributed by atoms with Crippen LogP contribution in [0.1, 0.15) is 29.2 Å². The Balaban J connectivity index is 2.37. The normalized spacial score (nSPS) is 14.5. The second-order valence-electron chi connectivity index (χ2n) is 6.66. The van der Waals surface area contributed by atoms with Gasteiger partial charge in [-0.1, -0.05) is 60.2 Å². The summed E-state index contributed by atoms with van der Waals surface area (Å²) < 4.78 is 28.8. The Morgan fingerprint density at radius 1 is 1.08 bits per heavy atom. The van der Waals surface area contributed by atoms with Gasteiger partial charge in [-0.2, -0.15) is 0 Å². The molecule has 2 aromatic carbocycles. The van der Waals surface area contributed by atoms with Crippen molar-refractivity contribution in [2.45, 2.75) is 51.2 Å². The molecule has 5 heteroatoms. The van der Waals surface area contributed by atoms with Gasteiger partial charge in [0.25, 0.3) is 0 Å². The summed E-state index contributed by atoms with van der Waals surface area (Å²) in [6.07, 6.45) is 2.81. The van der Waals surface area contributed by atoms with Gasteiger partial charge < -0.3 is 5.11 Å². The van der Waals surface area contributed by atoms with Crippen molar-refractivity contribution in [3.63, 3.8) is 0 Å². The fraction of sp³-hybridized carbons (Fsp3) is 0.333. The third kappa shape index (κ3) is 5.04. The first kappa shape index (κ1) is 20.4. The predicted molar refractivity (Wildman–Crippen MR) is 106 cm³/mol. The highest BCUT2D eigenvalue weighted by atomic mass is 32.2. The van der Waals surface area contributed by atoms with Crippen molar-refractivity contribution in [3.05, 3.63) is 76.9 Å². The van der Waals surface area contributed by atoms with Gasteiger partial charge in [0, 0.05) is 0 Å². The smallest absolute Gasteiger partial charge is 0.241 e. The predicted octanol–water partition coefficient (Wildman–Crippen LogP) is 3.44. The van der Waals surface area contributed by atoms with Crippen LogP contribution in [0.25, 0.3) is 0 Å². The van der Waals surface area contributed by atoms with Crippen molar-refractivity contribution in [2.75, 3.05) is 0 Å². The van der Waals surface area contributed by atoms with E-state index in [1.165, 1.54) is 0 Å². The maximum atomic E-state index is 13.0. The SMILES string of the molecule is C/C=C/[C@@H](O)[C@@H](Cc1ccccc1)NS(=O)(=O)c1c(C)cc(C)cc1C. The first-order valence-electron chi connectivity index (χ1n) is 8.69. The van der Waals surface area contributed by atoms with Crippen LogP contribution in [0.15, 0.2) is 59.5 Å². The number of benzene rings is 2. The topological polar surface area (TPSA) is 66.4 Å². The average Bonchev–Trinajstić information content (AvgIpc) is 2.54. The second kappa shape index (κ2) is 8.62. The highest BCUT2D eigenvalue weighted by molar-refractivity contribution is 7.89. The van der Waals surface area contributed by atoms with E-state index in [9.17, 15) is 13.5 Å². The first-order valence-corrected chi connectivity index (χ1v) is 10.2. The van der Waals surface area contributed by atoms with Crippen molar-refractivity contribution < 1.29 is 13.5 Å². The number of aryl methyl sites for hydroxylation is 3. The number of hydrogen-bond acceptors (Lipinski definition) is 3. The van der Waals surface area contributed by atoms with Crippen LogP contribution in [0.2, 0.25) is 0 Å². The minimum Gasteiger partial charge on any atom is -0.387 e. The summed E-state index contributed by atoms with van der Waals surface area (Å²) in [4.78, 5) is 0.286. The van der Waals surface area contributed by atoms with E-state index in [1.54, 1.807) is 32.9 Å². The molecule has 4 nitrogen and oxygen atoms in total. The number of aliphatic hydroxyl groups is 1. The molecule has 0 aromatic heterocycles. The summed E-state index contributed by atoms with van der Waals surface area (Å²) >= 11 is 0. The maximum absolute atomic E-state index is 13.0. The molecule has 2 N–H and O–H groups in total. The quantitative estimate of drug-likeness (QED) is 0.731. The molecule has 0 heterocycles. The molecule has 0 unspecified atom stereocenters. The number of hydrogen-bond donors (Lipinski definition) is 2. The van der Waals surface area contributed by atoms with Crippen LogP contribution in [0.4, 0.5) is 0 Å². The summed E-state index contributed by atoms with van der Waals surface area (Å²) in [5, 5.41) is 10.4. The van der Waals surface area contributed by atoms with Gasteiger partial charge in [-0.3, -0.25) is 0 Å². The van der Waals surface area contributed by atoms with Crippen LogP contribution in [0.5, 0.6) is 0 Å². The molecule has 0 aliphatic carbocycles. The molecule has 0 bridgehead atoms. The molecule has 0 fully saturated rings. The molecule has 0 radical (unpaired) electrons. The lowest BCUT2D eigenvalue weighted by Gasteiger charge is -2.23. The van der Waals surface area contributed by atoms with Crippen LogP contribution in [-0.2, 0) is 16.4 Å². The van der Waals surface area contributed by atoms with E-state index in [0.29, 0.717) is 17.5 Å². The van der Waals surface area contributed by atoms with Gasteiger partial charge in [0.1, 0.15) is 0 Å². The lowest BCUT2D eigenvalue weighted by Crippen LogP contribution is -2.44. The van der Waals surface area contributed by atoms with Crippen molar-refractivity contribution >= 4 is 10.0 Å². The fourth-order valence-electron chi connectivity index (χ4n) is 3.28. The number of aliphatic hydroxyl groups excluding tert-OH is 1. The van der Waals surface area contributed by atoms with Crippen LogP contribution in [0.3, 0.4) is 0 Å². The Kier molecular flexibility index (Phi) is 6.75. The Bertz CT molecular complexity index is 850. The van der Waals surface area contributed by atoms with E-state index in [0.717, 1.165) is 11.1 Å². The molecular weight excluding hydrogens is 346 g/mol. The minimum absolute atomic E-state index is 0.286. The third-order valence-electron chi connectivity index (χ3n) is 4.28. The zero-order valence-electron chi connectivity index (χ0n) is 15.7. The van der Waals surface area contributed by atoms with Crippen LogP contribution in [0, 0.1) is 20.8 Å². The van der Waals surface area contributed by atoms with E-state index in [2.05, 4.69) is 4.72 Å².